The summed E-state index contributed by atoms with van der Waals surface area (Å²) in [7, 11) is 1.38. The van der Waals surface area contributed by atoms with Crippen molar-refractivity contribution in [2.45, 2.75) is 23.1 Å². The van der Waals surface area contributed by atoms with Gasteiger partial charge in [0.15, 0.2) is 11.6 Å². The summed E-state index contributed by atoms with van der Waals surface area (Å²) < 4.78 is 26.7. The zero-order chi connectivity index (χ0) is 20.1. The molecule has 0 aromatic heterocycles. The van der Waals surface area contributed by atoms with E-state index in [1.807, 2.05) is 0 Å². The molecule has 0 bridgehead atoms. The number of amides is 2. The van der Waals surface area contributed by atoms with Crippen molar-refractivity contribution in [1.29, 1.82) is 0 Å². The maximum atomic E-state index is 13.5. The molecule has 2 atom stereocenters. The van der Waals surface area contributed by atoms with Crippen LogP contribution < -0.4 is 10.6 Å². The van der Waals surface area contributed by atoms with Gasteiger partial charge in [0.1, 0.15) is 6.04 Å². The third kappa shape index (κ3) is 5.57. The largest absolute Gasteiger partial charge is 0.357 e. The molecule has 2 amide bonds. The molecule has 4 nitrogen and oxygen atoms in total. The molecule has 0 aliphatic carbocycles. The molecule has 0 aliphatic rings. The summed E-state index contributed by atoms with van der Waals surface area (Å²) in [5, 5.41) is 5.22. The molecule has 2 rings (SSSR count). The van der Waals surface area contributed by atoms with Crippen molar-refractivity contribution in [3.8, 4) is 0 Å². The van der Waals surface area contributed by atoms with Crippen LogP contribution in [-0.4, -0.2) is 24.1 Å². The van der Waals surface area contributed by atoms with Gasteiger partial charge >= 0.3 is 0 Å². The lowest BCUT2D eigenvalue weighted by atomic mass is 10.1. The lowest BCUT2D eigenvalue weighted by Gasteiger charge is -2.20. The fourth-order valence-corrected chi connectivity index (χ4v) is 3.63. The maximum absolute atomic E-state index is 13.5. The molecule has 9 heteroatoms. The molecule has 0 aliphatic heterocycles. The van der Waals surface area contributed by atoms with Crippen molar-refractivity contribution in [3.05, 3.63) is 63.6 Å². The van der Waals surface area contributed by atoms with Gasteiger partial charge in [0, 0.05) is 17.0 Å². The van der Waals surface area contributed by atoms with Crippen LogP contribution in [0.1, 0.15) is 18.5 Å². The third-order valence-electron chi connectivity index (χ3n) is 3.64. The van der Waals surface area contributed by atoms with E-state index in [1.54, 1.807) is 25.1 Å². The Morgan fingerprint density at radius 1 is 1.04 bits per heavy atom. The van der Waals surface area contributed by atoms with Crippen LogP contribution in [0.15, 0.2) is 41.3 Å². The fourth-order valence-electron chi connectivity index (χ4n) is 2.21. The average molecular weight is 433 g/mol. The highest BCUT2D eigenvalue weighted by molar-refractivity contribution is 8.00. The number of benzene rings is 2. The van der Waals surface area contributed by atoms with Gasteiger partial charge < -0.3 is 10.6 Å². The number of halogens is 4. The van der Waals surface area contributed by atoms with Crippen molar-refractivity contribution in [2.24, 2.45) is 0 Å². The Morgan fingerprint density at radius 3 is 2.37 bits per heavy atom. The standard InChI is InChI=1S/C18H16Cl2F2N2O2S/c1-9(27-15-8-11(19)4-5-12(15)20)17(25)24-16(18(26)23-2)10-3-6-13(21)14(22)7-10/h3-9,16H,1-2H3,(H,23,26)(H,24,25). The summed E-state index contributed by atoms with van der Waals surface area (Å²) in [4.78, 5) is 25.3. The second-order valence-electron chi connectivity index (χ2n) is 5.56. The number of nitrogens with one attached hydrogen (secondary N) is 2. The van der Waals surface area contributed by atoms with Crippen LogP contribution in [0, 0.1) is 11.6 Å². The smallest absolute Gasteiger partial charge is 0.246 e. The predicted molar refractivity (Wildman–Crippen MR) is 103 cm³/mol. The Labute approximate surface area is 169 Å². The molecule has 27 heavy (non-hydrogen) atoms. The van der Waals surface area contributed by atoms with Gasteiger partial charge in [-0.1, -0.05) is 29.3 Å². The van der Waals surface area contributed by atoms with E-state index < -0.39 is 34.7 Å². The quantitative estimate of drug-likeness (QED) is 0.666. The summed E-state index contributed by atoms with van der Waals surface area (Å²) in [5.74, 6) is -3.19. The van der Waals surface area contributed by atoms with Crippen LogP contribution in [-0.2, 0) is 9.59 Å². The zero-order valence-corrected chi connectivity index (χ0v) is 16.7. The van der Waals surface area contributed by atoms with E-state index >= 15 is 0 Å². The van der Waals surface area contributed by atoms with Crippen LogP contribution in [0.4, 0.5) is 8.78 Å². The van der Waals surface area contributed by atoms with E-state index in [-0.39, 0.29) is 5.56 Å². The van der Waals surface area contributed by atoms with E-state index in [4.69, 9.17) is 23.2 Å². The Kier molecular flexibility index (Phi) is 7.47. The summed E-state index contributed by atoms with van der Waals surface area (Å²) >= 11 is 13.2. The van der Waals surface area contributed by atoms with E-state index in [9.17, 15) is 18.4 Å². The minimum absolute atomic E-state index is 0.125. The number of hydrogen-bond acceptors (Lipinski definition) is 3. The molecule has 0 heterocycles. The minimum atomic E-state index is -1.17. The molecule has 0 radical (unpaired) electrons. The Bertz CT molecular complexity index is 867. The van der Waals surface area contributed by atoms with Crippen molar-refractivity contribution in [3.63, 3.8) is 0 Å². The van der Waals surface area contributed by atoms with E-state index in [0.717, 1.165) is 23.9 Å². The van der Waals surface area contributed by atoms with Gasteiger partial charge in [-0.3, -0.25) is 9.59 Å². The number of thioether (sulfide) groups is 1. The van der Waals surface area contributed by atoms with Gasteiger partial charge in [0.2, 0.25) is 11.8 Å². The maximum Gasteiger partial charge on any atom is 0.246 e. The topological polar surface area (TPSA) is 58.2 Å². The molecule has 2 aromatic rings. The Hall–Kier alpha value is -1.83. The van der Waals surface area contributed by atoms with E-state index in [2.05, 4.69) is 10.6 Å². The molecule has 2 aromatic carbocycles. The lowest BCUT2D eigenvalue weighted by Crippen LogP contribution is -2.42. The Balaban J connectivity index is 2.18. The van der Waals surface area contributed by atoms with Gasteiger partial charge in [0.25, 0.3) is 0 Å². The highest BCUT2D eigenvalue weighted by Crippen LogP contribution is 2.33. The summed E-state index contributed by atoms with van der Waals surface area (Å²) in [6.07, 6.45) is 0. The highest BCUT2D eigenvalue weighted by Gasteiger charge is 2.26. The number of carbonyl (C=O) groups excluding carboxylic acids is 2. The first-order valence-electron chi connectivity index (χ1n) is 7.81. The average Bonchev–Trinajstić information content (AvgIpc) is 2.64. The second kappa shape index (κ2) is 9.39. The molecule has 2 unspecified atom stereocenters. The summed E-state index contributed by atoms with van der Waals surface area (Å²) in [6, 6.07) is 6.72. The van der Waals surface area contributed by atoms with Crippen LogP contribution >= 0.6 is 35.0 Å². The van der Waals surface area contributed by atoms with Gasteiger partial charge in [-0.15, -0.1) is 11.8 Å². The van der Waals surface area contributed by atoms with Crippen LogP contribution in [0.2, 0.25) is 10.0 Å². The van der Waals surface area contributed by atoms with E-state index in [0.29, 0.717) is 14.9 Å². The number of hydrogen-bond donors (Lipinski definition) is 2. The van der Waals surface area contributed by atoms with Gasteiger partial charge in [-0.05, 0) is 42.8 Å². The molecule has 144 valence electrons. The SMILES string of the molecule is CNC(=O)C(NC(=O)C(C)Sc1cc(Cl)ccc1Cl)c1ccc(F)c(F)c1. The van der Waals surface area contributed by atoms with Crippen molar-refractivity contribution >= 4 is 46.8 Å². The van der Waals surface area contributed by atoms with Crippen molar-refractivity contribution < 1.29 is 18.4 Å². The zero-order valence-electron chi connectivity index (χ0n) is 14.4. The number of likely N-dealkylation sites (N-methyl/N-ethyl adjacent to an activating group) is 1. The highest BCUT2D eigenvalue weighted by atomic mass is 35.5. The first kappa shape index (κ1) is 21.5. The molecule has 0 saturated carbocycles. The van der Waals surface area contributed by atoms with Gasteiger partial charge in [-0.25, -0.2) is 8.78 Å². The normalized spacial score (nSPS) is 13.0. The fraction of sp³-hybridized carbons (Fsp3) is 0.222. The second-order valence-corrected chi connectivity index (χ2v) is 7.79. The van der Waals surface area contributed by atoms with E-state index in [1.165, 1.54) is 13.1 Å². The number of rotatable bonds is 6. The van der Waals surface area contributed by atoms with Crippen molar-refractivity contribution in [1.82, 2.24) is 10.6 Å². The lowest BCUT2D eigenvalue weighted by molar-refractivity contribution is -0.128. The number of carbonyl (C=O) groups is 2. The van der Waals surface area contributed by atoms with Gasteiger partial charge in [-0.2, -0.15) is 0 Å². The van der Waals surface area contributed by atoms with Gasteiger partial charge in [0.05, 0.1) is 10.3 Å². The first-order valence-corrected chi connectivity index (χ1v) is 9.45. The summed E-state index contributed by atoms with van der Waals surface area (Å²) in [5.41, 5.74) is 0.125. The van der Waals surface area contributed by atoms with Crippen LogP contribution in [0.25, 0.3) is 0 Å². The van der Waals surface area contributed by atoms with Crippen molar-refractivity contribution in [2.75, 3.05) is 7.05 Å². The predicted octanol–water partition coefficient (Wildman–Crippen LogP) is 4.36. The monoisotopic (exact) mass is 432 g/mol. The molecular formula is C18H16Cl2F2N2O2S. The molecule has 0 saturated heterocycles. The first-order chi connectivity index (χ1) is 12.7. The minimum Gasteiger partial charge on any atom is -0.357 e. The summed E-state index contributed by atoms with van der Waals surface area (Å²) in [6.45, 7) is 1.63. The Morgan fingerprint density at radius 2 is 1.74 bits per heavy atom. The van der Waals surface area contributed by atoms with Crippen LogP contribution in [0.3, 0.4) is 0 Å². The third-order valence-corrected chi connectivity index (χ3v) is 5.47. The molecule has 0 spiro atoms. The van der Waals surface area contributed by atoms with Crippen LogP contribution in [0.5, 0.6) is 0 Å². The molecule has 0 fully saturated rings. The molecular weight excluding hydrogens is 417 g/mol. The molecule has 2 N–H and O–H groups in total.